The molecule has 7 nitrogen and oxygen atoms in total. The second kappa shape index (κ2) is 12.2. The van der Waals surface area contributed by atoms with Crippen molar-refractivity contribution in [3.05, 3.63) is 27.3 Å². The van der Waals surface area contributed by atoms with E-state index in [0.717, 1.165) is 49.8 Å². The van der Waals surface area contributed by atoms with Crippen LogP contribution in [0.25, 0.3) is 5.65 Å². The lowest BCUT2D eigenvalue weighted by Gasteiger charge is -2.50. The third-order valence-electron chi connectivity index (χ3n) is 9.41. The van der Waals surface area contributed by atoms with Gasteiger partial charge in [0.25, 0.3) is 0 Å². The molecule has 4 rings (SSSR count). The smallest absolute Gasteiger partial charge is 0.342 e. The van der Waals surface area contributed by atoms with Crippen LogP contribution in [0.2, 0.25) is 0 Å². The standard InChI is InChI=1S/C32H51ClN4O3S/c1-18-15-21(31(2,3)4)26(22(16-18)32(5,6)7)40-28(38)25-24(19-11-13-20(33)14-12-19)23(17-36(8)9)37-27(25)34-29(41-10)35-30(37)39/h18-22,26H,11-17H2,1-10H3,(H,34,35,39). The summed E-state index contributed by atoms with van der Waals surface area (Å²) in [5, 5.41) is 0.637. The molecule has 0 aromatic carbocycles. The Hall–Kier alpha value is -1.51. The Balaban J connectivity index is 1.93. The molecule has 0 spiro atoms. The minimum absolute atomic E-state index is 0.0228. The number of esters is 1. The fourth-order valence-corrected chi connectivity index (χ4v) is 7.93. The first-order chi connectivity index (χ1) is 19.0. The van der Waals surface area contributed by atoms with Crippen LogP contribution in [-0.2, 0) is 11.3 Å². The molecule has 2 aliphatic carbocycles. The van der Waals surface area contributed by atoms with Gasteiger partial charge in [-0.1, -0.05) is 60.2 Å². The van der Waals surface area contributed by atoms with Crippen molar-refractivity contribution in [2.45, 2.75) is 116 Å². The van der Waals surface area contributed by atoms with Crippen molar-refractivity contribution in [2.75, 3.05) is 20.4 Å². The summed E-state index contributed by atoms with van der Waals surface area (Å²) in [5.41, 5.74) is 2.32. The Morgan fingerprint density at radius 3 is 2.12 bits per heavy atom. The van der Waals surface area contributed by atoms with E-state index in [0.29, 0.717) is 28.8 Å². The summed E-state index contributed by atoms with van der Waals surface area (Å²) in [6.07, 6.45) is 7.21. The van der Waals surface area contributed by atoms with E-state index in [1.165, 1.54) is 11.8 Å². The lowest BCUT2D eigenvalue weighted by atomic mass is 9.59. The van der Waals surface area contributed by atoms with Crippen LogP contribution in [0.3, 0.4) is 0 Å². The highest BCUT2D eigenvalue weighted by atomic mass is 35.5. The number of fused-ring (bicyclic) bond motifs is 1. The quantitative estimate of drug-likeness (QED) is 0.210. The third kappa shape index (κ3) is 6.85. The Bertz CT molecular complexity index is 1270. The molecule has 230 valence electrons. The molecule has 2 heterocycles. The van der Waals surface area contributed by atoms with Crippen molar-refractivity contribution in [1.82, 2.24) is 19.3 Å². The van der Waals surface area contributed by atoms with Crippen molar-refractivity contribution >= 4 is 35.0 Å². The number of carbonyl (C=O) groups is 1. The molecule has 2 atom stereocenters. The number of ether oxygens (including phenoxy) is 1. The molecule has 2 saturated carbocycles. The van der Waals surface area contributed by atoms with Gasteiger partial charge >= 0.3 is 11.7 Å². The highest BCUT2D eigenvalue weighted by molar-refractivity contribution is 7.98. The number of nitrogens with one attached hydrogen (secondary N) is 1. The van der Waals surface area contributed by atoms with E-state index in [-0.39, 0.29) is 51.7 Å². The maximum Gasteiger partial charge on any atom is 0.342 e. The van der Waals surface area contributed by atoms with Gasteiger partial charge in [-0.2, -0.15) is 0 Å². The molecule has 2 aromatic heterocycles. The zero-order valence-corrected chi connectivity index (χ0v) is 28.3. The molecular formula is C32H51ClN4O3S. The molecule has 0 saturated heterocycles. The predicted octanol–water partition coefficient (Wildman–Crippen LogP) is 7.35. The Morgan fingerprint density at radius 2 is 1.63 bits per heavy atom. The summed E-state index contributed by atoms with van der Waals surface area (Å²) in [5.74, 6) is 0.782. The van der Waals surface area contributed by atoms with Gasteiger partial charge in [-0.05, 0) is 87.1 Å². The van der Waals surface area contributed by atoms with Gasteiger partial charge in [0, 0.05) is 29.5 Å². The summed E-state index contributed by atoms with van der Waals surface area (Å²) in [4.78, 5) is 38.0. The first-order valence-electron chi connectivity index (χ1n) is 15.2. The number of hydrogen-bond acceptors (Lipinski definition) is 6. The summed E-state index contributed by atoms with van der Waals surface area (Å²) in [7, 11) is 3.97. The molecule has 9 heteroatoms. The number of H-pyrrole nitrogens is 1. The molecule has 0 bridgehead atoms. The number of hydrogen-bond donors (Lipinski definition) is 1. The molecule has 2 aromatic rings. The fourth-order valence-electron chi connectivity index (χ4n) is 7.31. The lowest BCUT2D eigenvalue weighted by Crippen LogP contribution is -2.49. The first kappa shape index (κ1) is 32.4. The molecule has 0 amide bonds. The molecule has 0 aliphatic heterocycles. The molecule has 2 unspecified atom stereocenters. The van der Waals surface area contributed by atoms with Crippen LogP contribution in [0.5, 0.6) is 0 Å². The minimum Gasteiger partial charge on any atom is -0.458 e. The van der Waals surface area contributed by atoms with E-state index in [1.54, 1.807) is 4.40 Å². The molecule has 2 fully saturated rings. The van der Waals surface area contributed by atoms with Crippen LogP contribution in [0, 0.1) is 28.6 Å². The van der Waals surface area contributed by atoms with Gasteiger partial charge in [0.05, 0.1) is 0 Å². The van der Waals surface area contributed by atoms with Crippen molar-refractivity contribution < 1.29 is 9.53 Å². The fraction of sp³-hybridized carbons (Fsp3) is 0.781. The predicted molar refractivity (Wildman–Crippen MR) is 169 cm³/mol. The van der Waals surface area contributed by atoms with Crippen molar-refractivity contribution in [3.63, 3.8) is 0 Å². The summed E-state index contributed by atoms with van der Waals surface area (Å²) in [6.45, 7) is 16.4. The topological polar surface area (TPSA) is 79.7 Å². The molecule has 41 heavy (non-hydrogen) atoms. The van der Waals surface area contributed by atoms with Crippen LogP contribution in [0.4, 0.5) is 0 Å². The maximum absolute atomic E-state index is 14.7. The molecule has 0 radical (unpaired) electrons. The van der Waals surface area contributed by atoms with Crippen molar-refractivity contribution in [2.24, 2.45) is 28.6 Å². The maximum atomic E-state index is 14.7. The normalized spacial score (nSPS) is 27.9. The van der Waals surface area contributed by atoms with Crippen LogP contribution in [0.1, 0.15) is 115 Å². The van der Waals surface area contributed by atoms with E-state index in [9.17, 15) is 9.59 Å². The lowest BCUT2D eigenvalue weighted by molar-refractivity contribution is -0.0923. The Morgan fingerprint density at radius 1 is 1.07 bits per heavy atom. The molecular weight excluding hydrogens is 556 g/mol. The van der Waals surface area contributed by atoms with E-state index in [1.807, 2.05) is 25.3 Å². The Kier molecular flexibility index (Phi) is 9.67. The van der Waals surface area contributed by atoms with Gasteiger partial charge in [0.2, 0.25) is 0 Å². The van der Waals surface area contributed by atoms with Gasteiger partial charge in [0.15, 0.2) is 10.8 Å². The van der Waals surface area contributed by atoms with Crippen LogP contribution >= 0.6 is 23.4 Å². The van der Waals surface area contributed by atoms with Crippen LogP contribution < -0.4 is 5.69 Å². The van der Waals surface area contributed by atoms with Gasteiger partial charge in [-0.25, -0.2) is 19.0 Å². The third-order valence-corrected chi connectivity index (χ3v) is 10.4. The molecule has 1 N–H and O–H groups in total. The number of thioether (sulfide) groups is 1. The summed E-state index contributed by atoms with van der Waals surface area (Å²) < 4.78 is 8.37. The molecule has 2 aliphatic rings. The van der Waals surface area contributed by atoms with Crippen LogP contribution in [0.15, 0.2) is 9.95 Å². The average molecular weight is 607 g/mol. The first-order valence-corrected chi connectivity index (χ1v) is 16.9. The van der Waals surface area contributed by atoms with Crippen molar-refractivity contribution in [3.8, 4) is 0 Å². The van der Waals surface area contributed by atoms with Crippen molar-refractivity contribution in [1.29, 1.82) is 0 Å². The van der Waals surface area contributed by atoms with Gasteiger partial charge in [-0.3, -0.25) is 4.98 Å². The number of rotatable bonds is 6. The minimum atomic E-state index is -0.344. The van der Waals surface area contributed by atoms with Gasteiger partial charge < -0.3 is 9.64 Å². The number of nitrogens with zero attached hydrogens (tertiary/aromatic N) is 3. The van der Waals surface area contributed by atoms with Gasteiger partial charge in [-0.15, -0.1) is 11.6 Å². The SMILES string of the molecule is CSc1nc2c(C(=O)OC3C(C(C)(C)C)CC(C)CC3C(C)(C)C)c(C3CCC(Cl)CC3)c(CN(C)C)n2c(=O)[nH]1. The van der Waals surface area contributed by atoms with E-state index in [2.05, 4.69) is 53.5 Å². The highest BCUT2D eigenvalue weighted by Gasteiger charge is 2.48. The number of aromatic amines is 1. The Labute approximate surface area is 255 Å². The van der Waals surface area contributed by atoms with E-state index in [4.69, 9.17) is 21.3 Å². The van der Waals surface area contributed by atoms with E-state index >= 15 is 0 Å². The second-order valence-electron chi connectivity index (χ2n) is 15.0. The number of halogens is 1. The number of aromatic nitrogens is 3. The zero-order valence-electron chi connectivity index (χ0n) is 26.8. The zero-order chi connectivity index (χ0) is 30.4. The van der Waals surface area contributed by atoms with Crippen LogP contribution in [-0.4, -0.2) is 57.1 Å². The monoisotopic (exact) mass is 606 g/mol. The largest absolute Gasteiger partial charge is 0.458 e. The van der Waals surface area contributed by atoms with E-state index < -0.39 is 0 Å². The highest BCUT2D eigenvalue weighted by Crippen LogP contribution is 2.50. The summed E-state index contributed by atoms with van der Waals surface area (Å²) in [6, 6.07) is 0. The average Bonchev–Trinajstić information content (AvgIpc) is 3.17. The second-order valence-corrected chi connectivity index (χ2v) is 16.4. The number of alkyl halides is 1. The number of carbonyl (C=O) groups excluding carboxylic acids is 1. The van der Waals surface area contributed by atoms with Gasteiger partial charge in [0.1, 0.15) is 11.7 Å². The summed E-state index contributed by atoms with van der Waals surface area (Å²) >= 11 is 7.89.